The highest BCUT2D eigenvalue weighted by molar-refractivity contribution is 5.21. The standard InChI is InChI=1S/C16H26.CH4/c1-15(2,3)12-14(16(4,5)6)13-10-8-7-9-11-13;/h7-11,14H,12H2,1-6H3;1H4. The molecule has 1 rings (SSSR count). The number of benzene rings is 1. The van der Waals surface area contributed by atoms with Crippen molar-refractivity contribution in [2.75, 3.05) is 0 Å². The number of rotatable bonds is 2. The van der Waals surface area contributed by atoms with Crippen molar-refractivity contribution >= 4 is 0 Å². The van der Waals surface area contributed by atoms with Crippen LogP contribution < -0.4 is 0 Å². The van der Waals surface area contributed by atoms with Gasteiger partial charge in [0.25, 0.3) is 0 Å². The van der Waals surface area contributed by atoms with Gasteiger partial charge in [-0.1, -0.05) is 79.3 Å². The van der Waals surface area contributed by atoms with E-state index in [1.165, 1.54) is 12.0 Å². The van der Waals surface area contributed by atoms with E-state index in [4.69, 9.17) is 0 Å². The van der Waals surface area contributed by atoms with Crippen LogP contribution in [-0.2, 0) is 0 Å². The Bertz CT molecular complexity index is 308. The quantitative estimate of drug-likeness (QED) is 0.598. The van der Waals surface area contributed by atoms with E-state index in [9.17, 15) is 0 Å². The Hall–Kier alpha value is -0.780. The van der Waals surface area contributed by atoms with Crippen molar-refractivity contribution in [3.05, 3.63) is 35.9 Å². The van der Waals surface area contributed by atoms with Gasteiger partial charge < -0.3 is 0 Å². The van der Waals surface area contributed by atoms with E-state index in [0.717, 1.165) is 0 Å². The van der Waals surface area contributed by atoms with E-state index in [1.807, 2.05) is 0 Å². The Kier molecular flexibility index (Phi) is 5.45. The van der Waals surface area contributed by atoms with Crippen LogP contribution >= 0.6 is 0 Å². The Morgan fingerprint density at radius 3 is 1.71 bits per heavy atom. The average Bonchev–Trinajstić information content (AvgIpc) is 2.13. The first kappa shape index (κ1) is 16.2. The maximum absolute atomic E-state index is 2.34. The smallest absolute Gasteiger partial charge is 0.0108 e. The normalized spacial score (nSPS) is 14.0. The van der Waals surface area contributed by atoms with Crippen LogP contribution in [0.25, 0.3) is 0 Å². The van der Waals surface area contributed by atoms with Crippen LogP contribution in [0, 0.1) is 10.8 Å². The molecule has 0 aromatic heterocycles. The first-order valence-corrected chi connectivity index (χ1v) is 6.25. The molecule has 0 saturated heterocycles. The molecular formula is C17H30. The monoisotopic (exact) mass is 234 g/mol. The van der Waals surface area contributed by atoms with Gasteiger partial charge in [-0.15, -0.1) is 0 Å². The van der Waals surface area contributed by atoms with Crippen molar-refractivity contribution in [3.8, 4) is 0 Å². The molecule has 0 spiro atoms. The molecule has 98 valence electrons. The van der Waals surface area contributed by atoms with Gasteiger partial charge in [0, 0.05) is 0 Å². The van der Waals surface area contributed by atoms with Crippen molar-refractivity contribution in [3.63, 3.8) is 0 Å². The minimum absolute atomic E-state index is 0. The highest BCUT2D eigenvalue weighted by atomic mass is 14.3. The predicted molar refractivity (Wildman–Crippen MR) is 79.4 cm³/mol. The maximum Gasteiger partial charge on any atom is -0.0108 e. The molecule has 1 atom stereocenters. The molecule has 0 aliphatic heterocycles. The second kappa shape index (κ2) is 5.71. The topological polar surface area (TPSA) is 0 Å². The highest BCUT2D eigenvalue weighted by Gasteiger charge is 2.29. The van der Waals surface area contributed by atoms with Crippen LogP contribution in [0.15, 0.2) is 30.3 Å². The summed E-state index contributed by atoms with van der Waals surface area (Å²) in [6, 6.07) is 10.9. The van der Waals surface area contributed by atoms with Gasteiger partial charge in [0.2, 0.25) is 0 Å². The molecule has 0 saturated carbocycles. The molecule has 0 radical (unpaired) electrons. The SMILES string of the molecule is C.CC(C)(C)CC(c1ccccc1)C(C)(C)C. The Labute approximate surface area is 108 Å². The molecule has 0 fully saturated rings. The zero-order valence-electron chi connectivity index (χ0n) is 11.7. The molecule has 0 aliphatic carbocycles. The summed E-state index contributed by atoms with van der Waals surface area (Å²) in [5, 5.41) is 0. The van der Waals surface area contributed by atoms with Gasteiger partial charge in [-0.05, 0) is 28.7 Å². The summed E-state index contributed by atoms with van der Waals surface area (Å²) >= 11 is 0. The number of hydrogen-bond acceptors (Lipinski definition) is 0. The van der Waals surface area contributed by atoms with Gasteiger partial charge >= 0.3 is 0 Å². The van der Waals surface area contributed by atoms with Crippen molar-refractivity contribution in [1.82, 2.24) is 0 Å². The molecule has 0 heterocycles. The average molecular weight is 234 g/mol. The molecule has 0 heteroatoms. The molecule has 0 N–H and O–H groups in total. The zero-order valence-corrected chi connectivity index (χ0v) is 11.7. The lowest BCUT2D eigenvalue weighted by Gasteiger charge is -2.36. The summed E-state index contributed by atoms with van der Waals surface area (Å²) in [6.45, 7) is 14.0. The van der Waals surface area contributed by atoms with E-state index >= 15 is 0 Å². The van der Waals surface area contributed by atoms with Gasteiger partial charge in [0.15, 0.2) is 0 Å². The van der Waals surface area contributed by atoms with Gasteiger partial charge in [0.05, 0.1) is 0 Å². The van der Waals surface area contributed by atoms with E-state index in [0.29, 0.717) is 16.7 Å². The van der Waals surface area contributed by atoms with Gasteiger partial charge in [-0.2, -0.15) is 0 Å². The molecule has 1 unspecified atom stereocenters. The summed E-state index contributed by atoms with van der Waals surface area (Å²) in [4.78, 5) is 0. The lowest BCUT2D eigenvalue weighted by atomic mass is 9.69. The minimum atomic E-state index is 0. The highest BCUT2D eigenvalue weighted by Crippen LogP contribution is 2.42. The lowest BCUT2D eigenvalue weighted by Crippen LogP contribution is -2.23. The Morgan fingerprint density at radius 1 is 0.882 bits per heavy atom. The van der Waals surface area contributed by atoms with Crippen molar-refractivity contribution < 1.29 is 0 Å². The molecule has 1 aromatic carbocycles. The summed E-state index contributed by atoms with van der Waals surface area (Å²) < 4.78 is 0. The van der Waals surface area contributed by atoms with Crippen molar-refractivity contribution in [2.45, 2.75) is 61.3 Å². The van der Waals surface area contributed by atoms with Crippen LogP contribution in [0.3, 0.4) is 0 Å². The fourth-order valence-electron chi connectivity index (χ4n) is 2.22. The van der Waals surface area contributed by atoms with E-state index in [-0.39, 0.29) is 7.43 Å². The molecule has 0 nitrogen and oxygen atoms in total. The van der Waals surface area contributed by atoms with E-state index < -0.39 is 0 Å². The second-order valence-corrected chi connectivity index (χ2v) is 7.09. The first-order valence-electron chi connectivity index (χ1n) is 6.25. The Balaban J connectivity index is 0.00000256. The molecular weight excluding hydrogens is 204 g/mol. The van der Waals surface area contributed by atoms with Gasteiger partial charge in [-0.3, -0.25) is 0 Å². The van der Waals surface area contributed by atoms with Crippen molar-refractivity contribution in [2.24, 2.45) is 10.8 Å². The van der Waals surface area contributed by atoms with Gasteiger partial charge in [-0.25, -0.2) is 0 Å². The van der Waals surface area contributed by atoms with Crippen molar-refractivity contribution in [1.29, 1.82) is 0 Å². The van der Waals surface area contributed by atoms with Crippen LogP contribution in [0.5, 0.6) is 0 Å². The first-order chi connectivity index (χ1) is 7.20. The maximum atomic E-state index is 2.34. The third-order valence-electron chi connectivity index (χ3n) is 3.06. The zero-order chi connectivity index (χ0) is 12.4. The number of hydrogen-bond donors (Lipinski definition) is 0. The molecule has 1 aromatic rings. The molecule has 0 bridgehead atoms. The van der Waals surface area contributed by atoms with Crippen LogP contribution in [0.2, 0.25) is 0 Å². The minimum Gasteiger partial charge on any atom is -0.0776 e. The fourth-order valence-corrected chi connectivity index (χ4v) is 2.22. The summed E-state index contributed by atoms with van der Waals surface area (Å²) in [7, 11) is 0. The van der Waals surface area contributed by atoms with Crippen LogP contribution in [0.4, 0.5) is 0 Å². The second-order valence-electron chi connectivity index (χ2n) is 7.09. The van der Waals surface area contributed by atoms with E-state index in [1.54, 1.807) is 0 Å². The summed E-state index contributed by atoms with van der Waals surface area (Å²) in [5.41, 5.74) is 2.19. The third-order valence-corrected chi connectivity index (χ3v) is 3.06. The molecule has 0 amide bonds. The summed E-state index contributed by atoms with van der Waals surface area (Å²) in [6.07, 6.45) is 1.24. The van der Waals surface area contributed by atoms with Crippen LogP contribution in [0.1, 0.15) is 66.9 Å². The Morgan fingerprint density at radius 2 is 1.35 bits per heavy atom. The largest absolute Gasteiger partial charge is 0.0776 e. The van der Waals surface area contributed by atoms with Crippen LogP contribution in [-0.4, -0.2) is 0 Å². The third kappa shape index (κ3) is 5.39. The fraction of sp³-hybridized carbons (Fsp3) is 0.647. The lowest BCUT2D eigenvalue weighted by molar-refractivity contribution is 0.229. The predicted octanol–water partition coefficient (Wildman–Crippen LogP) is 5.89. The van der Waals surface area contributed by atoms with Gasteiger partial charge in [0.1, 0.15) is 0 Å². The summed E-state index contributed by atoms with van der Waals surface area (Å²) in [5.74, 6) is 0.633. The molecule has 0 aliphatic rings. The van der Waals surface area contributed by atoms with E-state index in [2.05, 4.69) is 71.9 Å². The molecule has 17 heavy (non-hydrogen) atoms.